The second-order valence-electron chi connectivity index (χ2n) is 3.80. The van der Waals surface area contributed by atoms with Crippen molar-refractivity contribution >= 4 is 15.3 Å². The Labute approximate surface area is 97.5 Å². The van der Waals surface area contributed by atoms with Gasteiger partial charge in [0.1, 0.15) is 5.34 Å². The Morgan fingerprint density at radius 1 is 1.50 bits per heavy atom. The molecule has 0 spiro atoms. The maximum atomic E-state index is 11.8. The van der Waals surface area contributed by atoms with E-state index in [0.717, 1.165) is 12.8 Å². The minimum atomic E-state index is -0.498. The summed E-state index contributed by atoms with van der Waals surface area (Å²) in [6.07, 6.45) is 1.25. The van der Waals surface area contributed by atoms with Gasteiger partial charge in [-0.1, -0.05) is 23.1 Å². The first-order valence-electron chi connectivity index (χ1n) is 5.36. The van der Waals surface area contributed by atoms with E-state index in [9.17, 15) is 5.21 Å². The highest BCUT2D eigenvalue weighted by atomic mass is 31.0. The molecule has 16 heavy (non-hydrogen) atoms. The molecule has 0 aliphatic carbocycles. The van der Waals surface area contributed by atoms with E-state index in [1.165, 1.54) is 0 Å². The first-order chi connectivity index (χ1) is 7.50. The second-order valence-corrected chi connectivity index (χ2v) is 4.85. The van der Waals surface area contributed by atoms with Crippen molar-refractivity contribution in [1.29, 1.82) is 5.41 Å². The number of hydrogen-bond acceptors (Lipinski definition) is 5. The SMILES string of the molecule is CCC(P)(CC)O[NH+]([O-])C1COC(=N)OC1. The van der Waals surface area contributed by atoms with Crippen molar-refractivity contribution < 1.29 is 19.5 Å². The average molecular weight is 250 g/mol. The summed E-state index contributed by atoms with van der Waals surface area (Å²) in [5.74, 6) is 0. The molecule has 1 saturated heterocycles. The van der Waals surface area contributed by atoms with Crippen LogP contribution in [-0.2, 0) is 14.3 Å². The molecule has 0 radical (unpaired) electrons. The molecule has 0 saturated carbocycles. The molecular weight excluding hydrogens is 231 g/mol. The van der Waals surface area contributed by atoms with Gasteiger partial charge in [0.15, 0.2) is 19.3 Å². The topological polar surface area (TPSA) is 79.0 Å². The maximum absolute atomic E-state index is 11.8. The molecule has 1 heterocycles. The van der Waals surface area contributed by atoms with Crippen LogP contribution in [0.4, 0.5) is 0 Å². The minimum Gasteiger partial charge on any atom is -0.599 e. The number of hydrogen-bond donors (Lipinski definition) is 2. The van der Waals surface area contributed by atoms with Gasteiger partial charge in [0, 0.05) is 0 Å². The van der Waals surface area contributed by atoms with Crippen LogP contribution in [0.2, 0.25) is 0 Å². The third-order valence-electron chi connectivity index (χ3n) is 2.67. The lowest BCUT2D eigenvalue weighted by molar-refractivity contribution is -1.08. The first-order valence-corrected chi connectivity index (χ1v) is 5.94. The van der Waals surface area contributed by atoms with Gasteiger partial charge in [-0.05, 0) is 12.8 Å². The van der Waals surface area contributed by atoms with Crippen molar-refractivity contribution in [1.82, 2.24) is 0 Å². The van der Waals surface area contributed by atoms with Gasteiger partial charge in [0.05, 0.1) is 0 Å². The summed E-state index contributed by atoms with van der Waals surface area (Å²) in [7, 11) is 2.57. The molecule has 1 rings (SSSR count). The van der Waals surface area contributed by atoms with Crippen LogP contribution in [0.15, 0.2) is 0 Å². The molecule has 0 aromatic heterocycles. The monoisotopic (exact) mass is 250 g/mol. The van der Waals surface area contributed by atoms with Crippen molar-refractivity contribution in [2.75, 3.05) is 13.2 Å². The highest BCUT2D eigenvalue weighted by Gasteiger charge is 2.32. The molecule has 2 atom stereocenters. The number of nitrogens with one attached hydrogen (secondary N) is 2. The van der Waals surface area contributed by atoms with Gasteiger partial charge >= 0.3 is 6.08 Å². The smallest absolute Gasteiger partial charge is 0.380 e. The van der Waals surface area contributed by atoms with Gasteiger partial charge in [-0.15, -0.1) is 0 Å². The van der Waals surface area contributed by atoms with Gasteiger partial charge in [0.25, 0.3) is 0 Å². The zero-order valence-corrected chi connectivity index (χ0v) is 10.8. The van der Waals surface area contributed by atoms with Gasteiger partial charge in [0.2, 0.25) is 0 Å². The number of quaternary nitrogens is 1. The van der Waals surface area contributed by atoms with Crippen LogP contribution in [0.1, 0.15) is 26.7 Å². The Kier molecular flexibility index (Phi) is 4.92. The molecule has 6 nitrogen and oxygen atoms in total. The van der Waals surface area contributed by atoms with E-state index in [1.807, 2.05) is 13.8 Å². The summed E-state index contributed by atoms with van der Waals surface area (Å²) in [5, 5.41) is 18.0. The molecule has 0 aromatic carbocycles. The minimum absolute atomic E-state index is 0.159. The predicted octanol–water partition coefficient (Wildman–Crippen LogP) is 0.0423. The summed E-state index contributed by atoms with van der Waals surface area (Å²) in [6.45, 7) is 4.25. The molecule has 94 valence electrons. The molecule has 1 aliphatic heterocycles. The molecule has 2 N–H and O–H groups in total. The van der Waals surface area contributed by atoms with Crippen molar-refractivity contribution in [3.63, 3.8) is 0 Å². The summed E-state index contributed by atoms with van der Waals surface area (Å²) in [6, 6.07) is -0.438. The van der Waals surface area contributed by atoms with Crippen molar-refractivity contribution in [2.45, 2.75) is 38.1 Å². The van der Waals surface area contributed by atoms with Gasteiger partial charge in [-0.3, -0.25) is 0 Å². The standard InChI is InChI=1S/C9H19N2O4P/c1-3-9(16,4-2)15-11(12)7-5-13-8(10)14-6-7/h7,10-11H,3-6,16H2,1-2H3. The van der Waals surface area contributed by atoms with E-state index >= 15 is 0 Å². The largest absolute Gasteiger partial charge is 0.599 e. The van der Waals surface area contributed by atoms with Crippen molar-refractivity contribution in [2.24, 2.45) is 0 Å². The van der Waals surface area contributed by atoms with Gasteiger partial charge < -0.3 is 14.7 Å². The van der Waals surface area contributed by atoms with Gasteiger partial charge in [-0.25, -0.2) is 10.6 Å². The Morgan fingerprint density at radius 3 is 2.44 bits per heavy atom. The maximum Gasteiger partial charge on any atom is 0.380 e. The van der Waals surface area contributed by atoms with Crippen LogP contribution >= 0.6 is 9.24 Å². The number of ether oxygens (including phenoxy) is 2. The zero-order chi connectivity index (χ0) is 12.2. The van der Waals surface area contributed by atoms with E-state index in [1.54, 1.807) is 0 Å². The molecule has 0 amide bonds. The Bertz CT molecular complexity index is 238. The molecular formula is C9H19N2O4P. The lowest BCUT2D eigenvalue weighted by Crippen LogP contribution is -3.13. The van der Waals surface area contributed by atoms with Gasteiger partial charge in [-0.2, -0.15) is 4.84 Å². The molecule has 1 aliphatic rings. The first kappa shape index (κ1) is 13.6. The van der Waals surface area contributed by atoms with Crippen LogP contribution in [0.5, 0.6) is 0 Å². The normalized spacial score (nSPS) is 23.5. The highest BCUT2D eigenvalue weighted by Crippen LogP contribution is 2.25. The Hall–Kier alpha value is -0.420. The lowest BCUT2D eigenvalue weighted by Gasteiger charge is -2.37. The zero-order valence-electron chi connectivity index (χ0n) is 9.62. The Balaban J connectivity index is 2.45. The Morgan fingerprint density at radius 2 is 2.00 bits per heavy atom. The van der Waals surface area contributed by atoms with E-state index in [4.69, 9.17) is 19.7 Å². The van der Waals surface area contributed by atoms with Crippen LogP contribution < -0.4 is 5.23 Å². The molecule has 7 heteroatoms. The number of rotatable bonds is 5. The fourth-order valence-corrected chi connectivity index (χ4v) is 1.37. The van der Waals surface area contributed by atoms with Crippen LogP contribution in [-0.4, -0.2) is 30.7 Å². The average Bonchev–Trinajstić information content (AvgIpc) is 2.29. The van der Waals surface area contributed by atoms with Crippen LogP contribution in [0.25, 0.3) is 0 Å². The van der Waals surface area contributed by atoms with E-state index in [-0.39, 0.29) is 24.5 Å². The highest BCUT2D eigenvalue weighted by molar-refractivity contribution is 7.18. The number of hydroxylamine groups is 2. The molecule has 0 bridgehead atoms. The summed E-state index contributed by atoms with van der Waals surface area (Å²) >= 11 is 0. The third kappa shape index (κ3) is 3.56. The van der Waals surface area contributed by atoms with Crippen molar-refractivity contribution in [3.8, 4) is 0 Å². The fourth-order valence-electron chi connectivity index (χ4n) is 1.26. The molecule has 2 unspecified atom stereocenters. The van der Waals surface area contributed by atoms with Crippen LogP contribution in [0.3, 0.4) is 0 Å². The van der Waals surface area contributed by atoms with Crippen molar-refractivity contribution in [3.05, 3.63) is 5.21 Å². The summed E-state index contributed by atoms with van der Waals surface area (Å²) in [4.78, 5) is 5.40. The van der Waals surface area contributed by atoms with Crippen LogP contribution in [0, 0.1) is 10.6 Å². The van der Waals surface area contributed by atoms with E-state index < -0.39 is 11.4 Å². The molecule has 0 aromatic rings. The lowest BCUT2D eigenvalue weighted by atomic mass is 10.2. The molecule has 1 fully saturated rings. The summed E-state index contributed by atoms with van der Waals surface area (Å²) < 4.78 is 9.69. The fraction of sp³-hybridized carbons (Fsp3) is 0.889. The predicted molar refractivity (Wildman–Crippen MR) is 61.9 cm³/mol. The van der Waals surface area contributed by atoms with E-state index in [0.29, 0.717) is 0 Å². The quantitative estimate of drug-likeness (QED) is 0.533. The summed E-state index contributed by atoms with van der Waals surface area (Å²) in [5.41, 5.74) is 0. The second kappa shape index (κ2) is 5.77. The van der Waals surface area contributed by atoms with E-state index in [2.05, 4.69) is 9.24 Å². The third-order valence-corrected chi connectivity index (χ3v) is 3.60.